The van der Waals surface area contributed by atoms with E-state index in [4.69, 9.17) is 14.2 Å². The zero-order chi connectivity index (χ0) is 45.0. The number of benzene rings is 4. The number of rotatable bonds is 16. The Kier molecular flexibility index (Phi) is 17.7. The summed E-state index contributed by atoms with van der Waals surface area (Å²) in [6.45, 7) is 15.5. The van der Waals surface area contributed by atoms with E-state index in [0.717, 1.165) is 46.1 Å². The van der Waals surface area contributed by atoms with Gasteiger partial charge < -0.3 is 19.1 Å². The molecule has 3 atom stereocenters. The van der Waals surface area contributed by atoms with E-state index in [1.165, 1.54) is 32.7 Å². The molecular weight excluding hydrogens is 800 g/mol. The Morgan fingerprint density at radius 1 is 0.867 bits per heavy atom. The van der Waals surface area contributed by atoms with E-state index >= 15 is 0 Å². The highest BCUT2D eigenvalue weighted by Crippen LogP contribution is 2.38. The Bertz CT molecular complexity index is 2130. The first kappa shape index (κ1) is 49.4. The van der Waals surface area contributed by atoms with Crippen LogP contribution in [0.2, 0.25) is 0 Å². The Labute approximate surface area is 352 Å². The number of hydrogen-bond acceptors (Lipinski definition) is 9. The van der Waals surface area contributed by atoms with Crippen molar-refractivity contribution in [3.63, 3.8) is 0 Å². The lowest BCUT2D eigenvalue weighted by atomic mass is 9.87. The molecule has 1 saturated carbocycles. The smallest absolute Gasteiger partial charge is 0.350 e. The van der Waals surface area contributed by atoms with Crippen molar-refractivity contribution >= 4 is 21.7 Å². The minimum Gasteiger partial charge on any atom is -0.492 e. The number of likely N-dealkylation sites (N-methyl/N-ethyl adjacent to an activating group) is 1. The number of carbonyl (C=O) groups excluding carboxylic acids is 1. The van der Waals surface area contributed by atoms with Gasteiger partial charge in [0.15, 0.2) is 11.6 Å². The van der Waals surface area contributed by atoms with Crippen LogP contribution in [0.1, 0.15) is 71.6 Å². The van der Waals surface area contributed by atoms with Crippen LogP contribution in [0.3, 0.4) is 0 Å². The van der Waals surface area contributed by atoms with Gasteiger partial charge in [-0.05, 0) is 91.2 Å². The van der Waals surface area contributed by atoms with E-state index in [1.807, 2.05) is 50.1 Å². The third-order valence-corrected chi connectivity index (χ3v) is 11.8. The van der Waals surface area contributed by atoms with E-state index in [-0.39, 0.29) is 41.1 Å². The van der Waals surface area contributed by atoms with Gasteiger partial charge in [0, 0.05) is 56.9 Å². The molecule has 0 saturated heterocycles. The van der Waals surface area contributed by atoms with Gasteiger partial charge in [0.2, 0.25) is 15.6 Å². The fraction of sp³-hybridized carbons (Fsp3) is 0.444. The van der Waals surface area contributed by atoms with Gasteiger partial charge in [-0.25, -0.2) is 26.4 Å². The Morgan fingerprint density at radius 3 is 1.93 bits per heavy atom. The number of nitrogens with zero attached hydrogens (tertiary/aromatic N) is 3. The average molecular weight is 858 g/mol. The van der Waals surface area contributed by atoms with Crippen molar-refractivity contribution in [1.29, 1.82) is 0 Å². The second-order valence-electron chi connectivity index (χ2n) is 15.9. The van der Waals surface area contributed by atoms with Crippen molar-refractivity contribution in [2.45, 2.75) is 83.8 Å². The maximum absolute atomic E-state index is 13.4. The molecule has 11 nitrogen and oxygen atoms in total. The van der Waals surface area contributed by atoms with Crippen LogP contribution >= 0.6 is 0 Å². The van der Waals surface area contributed by atoms with Gasteiger partial charge in [0.25, 0.3) is 5.69 Å². The molecule has 60 heavy (non-hydrogen) atoms. The summed E-state index contributed by atoms with van der Waals surface area (Å²) < 4.78 is 82.6. The molecule has 4 aromatic carbocycles. The lowest BCUT2D eigenvalue weighted by Crippen LogP contribution is -2.44. The van der Waals surface area contributed by atoms with Crippen molar-refractivity contribution in [2.24, 2.45) is 11.8 Å². The topological polar surface area (TPSA) is 129 Å². The Morgan fingerprint density at radius 2 is 1.42 bits per heavy atom. The fourth-order valence-corrected chi connectivity index (χ4v) is 7.32. The zero-order valence-electron chi connectivity index (χ0n) is 36.1. The summed E-state index contributed by atoms with van der Waals surface area (Å²) in [6, 6.07) is 21.0. The molecule has 0 aliphatic heterocycles. The quantitative estimate of drug-likeness (QED) is 0.0469. The summed E-state index contributed by atoms with van der Waals surface area (Å²) in [5.41, 5.74) is 0.705. The lowest BCUT2D eigenvalue weighted by Gasteiger charge is -2.28. The highest BCUT2D eigenvalue weighted by molar-refractivity contribution is 7.89. The van der Waals surface area contributed by atoms with Gasteiger partial charge in [-0.2, -0.15) is 4.31 Å². The molecule has 0 bridgehead atoms. The predicted octanol–water partition coefficient (Wildman–Crippen LogP) is 9.36. The van der Waals surface area contributed by atoms with E-state index in [0.29, 0.717) is 30.0 Å². The van der Waals surface area contributed by atoms with Crippen molar-refractivity contribution in [2.75, 3.05) is 40.9 Å². The SMILES string of the molecule is CC.CC1CC1CN(C)Cc1cc(F)c(F)cc1F.COC(=O)C(C)(Cc1ccc(OCCN(C)S(=O)(=O)c2ccc([N+](=O)[O-])cc2)cc1)Oc1ccc(C(C)(C)C)cc1. The standard InChI is InChI=1S/C30H36N2O8S.C13H16F3N.C2H6/c1-29(2,3)23-9-15-26(16-10-23)40-30(4,28(33)38-6)21-22-7-13-25(14-8-22)39-20-19-31(5)41(36,37)27-17-11-24(12-18-27)32(34)35;1-8-3-9(8)6-17(2)7-10-4-12(15)13(16)5-11(10)14;1-2/h7-18H,19-21H2,1-6H3;4-5,8-9H,3,6-7H2,1-2H3;1-2H3. The van der Waals surface area contributed by atoms with Crippen LogP contribution in [0.5, 0.6) is 11.5 Å². The summed E-state index contributed by atoms with van der Waals surface area (Å²) in [4.78, 5) is 24.8. The largest absolute Gasteiger partial charge is 0.492 e. The number of methoxy groups -OCH3 is 1. The predicted molar refractivity (Wildman–Crippen MR) is 226 cm³/mol. The molecule has 3 unspecified atom stereocenters. The summed E-state index contributed by atoms with van der Waals surface area (Å²) in [7, 11) is 0.763. The number of halogens is 3. The molecule has 0 aromatic heterocycles. The molecule has 4 aromatic rings. The molecule has 0 radical (unpaired) electrons. The third kappa shape index (κ3) is 14.1. The van der Waals surface area contributed by atoms with Gasteiger partial charge in [-0.3, -0.25) is 10.1 Å². The number of sulfonamides is 1. The van der Waals surface area contributed by atoms with Crippen LogP contribution in [-0.2, 0) is 37.9 Å². The number of non-ortho nitro benzene ring substituents is 1. The van der Waals surface area contributed by atoms with E-state index in [1.54, 1.807) is 31.2 Å². The lowest BCUT2D eigenvalue weighted by molar-refractivity contribution is -0.384. The third-order valence-electron chi connectivity index (χ3n) is 9.93. The molecular formula is C45H58F3N3O8S. The van der Waals surface area contributed by atoms with E-state index in [9.17, 15) is 36.5 Å². The summed E-state index contributed by atoms with van der Waals surface area (Å²) in [5, 5.41) is 10.8. The first-order valence-corrected chi connectivity index (χ1v) is 21.2. The van der Waals surface area contributed by atoms with Crippen LogP contribution < -0.4 is 9.47 Å². The zero-order valence-corrected chi connectivity index (χ0v) is 36.9. The molecule has 0 amide bonds. The van der Waals surface area contributed by atoms with Gasteiger partial charge in [-0.15, -0.1) is 0 Å². The Hall–Kier alpha value is -4.99. The van der Waals surface area contributed by atoms with Crippen molar-refractivity contribution in [1.82, 2.24) is 9.21 Å². The monoisotopic (exact) mass is 857 g/mol. The van der Waals surface area contributed by atoms with Crippen LogP contribution in [0.4, 0.5) is 18.9 Å². The van der Waals surface area contributed by atoms with Crippen LogP contribution in [0.15, 0.2) is 89.8 Å². The van der Waals surface area contributed by atoms with Crippen molar-refractivity contribution in [3.05, 3.63) is 129 Å². The normalized spacial score (nSPS) is 15.8. The van der Waals surface area contributed by atoms with E-state index < -0.39 is 44.0 Å². The van der Waals surface area contributed by atoms with Gasteiger partial charge in [-0.1, -0.05) is 65.8 Å². The molecule has 0 N–H and O–H groups in total. The maximum Gasteiger partial charge on any atom is 0.350 e. The molecule has 0 heterocycles. The maximum atomic E-state index is 13.4. The first-order chi connectivity index (χ1) is 28.1. The average Bonchev–Trinajstić information content (AvgIpc) is 3.90. The molecule has 5 rings (SSSR count). The molecule has 1 aliphatic carbocycles. The number of nitro groups is 1. The second kappa shape index (κ2) is 21.5. The molecule has 15 heteroatoms. The van der Waals surface area contributed by atoms with Crippen molar-refractivity contribution < 1.29 is 45.5 Å². The number of hydrogen-bond donors (Lipinski definition) is 0. The number of ether oxygens (including phenoxy) is 3. The van der Waals surface area contributed by atoms with Gasteiger partial charge in [0.1, 0.15) is 23.9 Å². The highest BCUT2D eigenvalue weighted by atomic mass is 32.2. The van der Waals surface area contributed by atoms with E-state index in [2.05, 4.69) is 27.7 Å². The summed E-state index contributed by atoms with van der Waals surface area (Å²) >= 11 is 0. The summed E-state index contributed by atoms with van der Waals surface area (Å²) in [5.74, 6) is -0.846. The second-order valence-corrected chi connectivity index (χ2v) is 17.9. The fourth-order valence-electron chi connectivity index (χ4n) is 6.17. The first-order valence-electron chi connectivity index (χ1n) is 19.8. The van der Waals surface area contributed by atoms with Crippen LogP contribution in [0, 0.1) is 39.4 Å². The number of esters is 1. The van der Waals surface area contributed by atoms with Gasteiger partial charge in [0.05, 0.1) is 16.9 Å². The number of carbonyl (C=O) groups is 1. The molecule has 328 valence electrons. The minimum absolute atomic E-state index is 0.00908. The van der Waals surface area contributed by atoms with Crippen LogP contribution in [0.25, 0.3) is 0 Å². The van der Waals surface area contributed by atoms with Crippen LogP contribution in [-0.4, -0.2) is 75.0 Å². The molecule has 1 fully saturated rings. The summed E-state index contributed by atoms with van der Waals surface area (Å²) in [6.07, 6.45) is 1.45. The van der Waals surface area contributed by atoms with Gasteiger partial charge >= 0.3 is 5.97 Å². The highest BCUT2D eigenvalue weighted by Gasteiger charge is 2.37. The molecule has 0 spiro atoms. The number of nitro benzene ring substituents is 1. The Balaban J connectivity index is 0.000000418. The minimum atomic E-state index is -3.84. The molecule has 1 aliphatic rings. The van der Waals surface area contributed by atoms with Crippen molar-refractivity contribution in [3.8, 4) is 11.5 Å².